The average Bonchev–Trinajstić information content (AvgIpc) is 2.78. The van der Waals surface area contributed by atoms with Crippen LogP contribution in [0.15, 0.2) is 101 Å². The molecule has 0 saturated heterocycles. The van der Waals surface area contributed by atoms with Crippen molar-refractivity contribution in [2.45, 2.75) is 6.92 Å². The maximum absolute atomic E-state index is 5.05. The minimum Gasteiger partial charge on any atom is -0.254 e. The Kier molecular flexibility index (Phi) is 4.30. The fourth-order valence-corrected chi connectivity index (χ4v) is 3.57. The number of nitrogens with zero attached hydrogens (tertiary/aromatic N) is 4. The first-order valence-corrected chi connectivity index (χ1v) is 9.51. The fourth-order valence-electron chi connectivity index (χ4n) is 3.57. The second kappa shape index (κ2) is 7.24. The van der Waals surface area contributed by atoms with Gasteiger partial charge in [-0.05, 0) is 55.0 Å². The van der Waals surface area contributed by atoms with Gasteiger partial charge < -0.3 is 0 Å². The molecule has 1 aliphatic rings. The van der Waals surface area contributed by atoms with Crippen LogP contribution < -0.4 is 0 Å². The van der Waals surface area contributed by atoms with Gasteiger partial charge in [0.05, 0.1) is 33.8 Å². The Balaban J connectivity index is 1.75. The molecule has 4 nitrogen and oxygen atoms in total. The van der Waals surface area contributed by atoms with Gasteiger partial charge in [-0.15, -0.1) is 0 Å². The summed E-state index contributed by atoms with van der Waals surface area (Å²) in [6, 6.07) is 18.0. The zero-order chi connectivity index (χ0) is 19.6. The van der Waals surface area contributed by atoms with Gasteiger partial charge in [-0.1, -0.05) is 36.4 Å². The van der Waals surface area contributed by atoms with Gasteiger partial charge in [-0.2, -0.15) is 0 Å². The molecular weight excluding hydrogens is 356 g/mol. The maximum atomic E-state index is 5.05. The van der Waals surface area contributed by atoms with Crippen LogP contribution in [0.2, 0.25) is 0 Å². The molecule has 0 radical (unpaired) electrons. The Labute approximate surface area is 168 Å². The molecule has 0 aliphatic heterocycles. The lowest BCUT2D eigenvalue weighted by Gasteiger charge is -2.12. The van der Waals surface area contributed by atoms with Crippen LogP contribution in [0.1, 0.15) is 5.56 Å². The Bertz CT molecular complexity index is 1350. The minimum atomic E-state index is 0.827. The third kappa shape index (κ3) is 3.15. The quantitative estimate of drug-likeness (QED) is 0.316. The van der Waals surface area contributed by atoms with Gasteiger partial charge in [0.15, 0.2) is 0 Å². The van der Waals surface area contributed by atoms with Crippen molar-refractivity contribution in [2.75, 3.05) is 0 Å². The zero-order valence-corrected chi connectivity index (χ0v) is 15.9. The van der Waals surface area contributed by atoms with Crippen LogP contribution in [0.3, 0.4) is 0 Å². The van der Waals surface area contributed by atoms with Crippen molar-refractivity contribution in [3.05, 3.63) is 96.9 Å². The molecule has 0 amide bonds. The monoisotopic (exact) mass is 374 g/mol. The van der Waals surface area contributed by atoms with Gasteiger partial charge in [0.2, 0.25) is 0 Å². The first-order valence-electron chi connectivity index (χ1n) is 9.51. The number of hydrogen-bond donors (Lipinski definition) is 0. The van der Waals surface area contributed by atoms with E-state index in [2.05, 4.69) is 29.0 Å². The summed E-state index contributed by atoms with van der Waals surface area (Å²) in [5.74, 6) is 0. The molecule has 0 spiro atoms. The Hall–Kier alpha value is -3.92. The molecule has 2 heterocycles. The summed E-state index contributed by atoms with van der Waals surface area (Å²) < 4.78 is 0. The average molecular weight is 374 g/mol. The van der Waals surface area contributed by atoms with Crippen molar-refractivity contribution in [3.8, 4) is 0 Å². The lowest BCUT2D eigenvalue weighted by molar-refractivity contribution is 1.35. The van der Waals surface area contributed by atoms with E-state index in [1.807, 2.05) is 66.8 Å². The third-order valence-corrected chi connectivity index (χ3v) is 4.97. The molecule has 0 N–H and O–H groups in total. The highest BCUT2D eigenvalue weighted by molar-refractivity contribution is 6.52. The fraction of sp³-hybridized carbons (Fsp3) is 0.0400. The lowest BCUT2D eigenvalue weighted by Crippen LogP contribution is -2.11. The highest BCUT2D eigenvalue weighted by Gasteiger charge is 2.14. The topological polar surface area (TPSA) is 50.5 Å². The van der Waals surface area contributed by atoms with Gasteiger partial charge in [0, 0.05) is 23.2 Å². The predicted molar refractivity (Wildman–Crippen MR) is 121 cm³/mol. The van der Waals surface area contributed by atoms with Gasteiger partial charge >= 0.3 is 0 Å². The second-order valence-electron chi connectivity index (χ2n) is 6.82. The summed E-state index contributed by atoms with van der Waals surface area (Å²) in [4.78, 5) is 19.0. The van der Waals surface area contributed by atoms with E-state index in [-0.39, 0.29) is 0 Å². The van der Waals surface area contributed by atoms with Crippen molar-refractivity contribution in [3.63, 3.8) is 0 Å². The number of aryl methyl sites for hydroxylation is 1. The molecule has 29 heavy (non-hydrogen) atoms. The second-order valence-corrected chi connectivity index (χ2v) is 6.82. The molecule has 0 saturated carbocycles. The molecular formula is C25H18N4. The van der Waals surface area contributed by atoms with Gasteiger partial charge in [0.1, 0.15) is 0 Å². The highest BCUT2D eigenvalue weighted by Crippen LogP contribution is 2.36. The third-order valence-electron chi connectivity index (χ3n) is 4.97. The number of hydrogen-bond acceptors (Lipinski definition) is 4. The SMILES string of the molecule is Cc1c(N=C2C=CC=CC2=Nc2ccccc2)c2cccnc2c2ncccc12. The van der Waals surface area contributed by atoms with Crippen LogP contribution in [0.4, 0.5) is 11.4 Å². The van der Waals surface area contributed by atoms with E-state index in [4.69, 9.17) is 9.98 Å². The van der Waals surface area contributed by atoms with Crippen molar-refractivity contribution >= 4 is 44.6 Å². The first kappa shape index (κ1) is 17.2. The first-order chi connectivity index (χ1) is 14.3. The Morgan fingerprint density at radius 1 is 0.655 bits per heavy atom. The number of para-hydroxylation sites is 1. The number of aliphatic imine (C=N–C) groups is 2. The molecule has 0 atom stereocenters. The molecule has 2 aromatic heterocycles. The molecule has 4 aromatic rings. The largest absolute Gasteiger partial charge is 0.254 e. The van der Waals surface area contributed by atoms with E-state index in [1.54, 1.807) is 12.4 Å². The van der Waals surface area contributed by atoms with Gasteiger partial charge in [-0.25, -0.2) is 9.98 Å². The summed E-state index contributed by atoms with van der Waals surface area (Å²) in [7, 11) is 0. The Morgan fingerprint density at radius 2 is 1.28 bits per heavy atom. The summed E-state index contributed by atoms with van der Waals surface area (Å²) in [5, 5.41) is 2.06. The van der Waals surface area contributed by atoms with E-state index in [9.17, 15) is 0 Å². The van der Waals surface area contributed by atoms with E-state index >= 15 is 0 Å². The van der Waals surface area contributed by atoms with Crippen LogP contribution in [0.25, 0.3) is 21.8 Å². The van der Waals surface area contributed by atoms with E-state index in [0.717, 1.165) is 50.2 Å². The highest BCUT2D eigenvalue weighted by atomic mass is 14.8. The lowest BCUT2D eigenvalue weighted by atomic mass is 10.0. The van der Waals surface area contributed by atoms with Crippen LogP contribution in [0.5, 0.6) is 0 Å². The van der Waals surface area contributed by atoms with Crippen molar-refractivity contribution in [2.24, 2.45) is 9.98 Å². The normalized spacial score (nSPS) is 16.3. The van der Waals surface area contributed by atoms with Crippen molar-refractivity contribution in [1.29, 1.82) is 0 Å². The zero-order valence-electron chi connectivity index (χ0n) is 15.9. The molecule has 4 heteroatoms. The van der Waals surface area contributed by atoms with Crippen LogP contribution in [-0.4, -0.2) is 21.4 Å². The molecule has 2 aromatic carbocycles. The van der Waals surface area contributed by atoms with Crippen molar-refractivity contribution < 1.29 is 0 Å². The van der Waals surface area contributed by atoms with Gasteiger partial charge in [0.25, 0.3) is 0 Å². The number of rotatable bonds is 2. The molecule has 0 bridgehead atoms. The number of aromatic nitrogens is 2. The van der Waals surface area contributed by atoms with E-state index in [0.29, 0.717) is 0 Å². The number of fused-ring (bicyclic) bond motifs is 3. The van der Waals surface area contributed by atoms with Gasteiger partial charge in [-0.3, -0.25) is 9.97 Å². The van der Waals surface area contributed by atoms with Crippen molar-refractivity contribution in [1.82, 2.24) is 9.97 Å². The summed E-state index contributed by atoms with van der Waals surface area (Å²) in [6.07, 6.45) is 11.6. The van der Waals surface area contributed by atoms with Crippen LogP contribution >= 0.6 is 0 Å². The molecule has 1 aliphatic carbocycles. The molecule has 0 unspecified atom stereocenters. The molecule has 0 fully saturated rings. The number of benzene rings is 2. The maximum Gasteiger partial charge on any atom is 0.0986 e. The standard InChI is InChI=1S/C25H18N4/c1-17-19-11-7-15-26-24(19)25-20(12-8-16-27-25)23(17)29-22-14-6-5-13-21(22)28-18-9-3-2-4-10-18/h2-16H,1H3. The molecule has 138 valence electrons. The number of pyridine rings is 2. The Morgan fingerprint density at radius 3 is 2.00 bits per heavy atom. The van der Waals surface area contributed by atoms with Crippen LogP contribution in [-0.2, 0) is 0 Å². The summed E-state index contributed by atoms with van der Waals surface area (Å²) in [5.41, 5.74) is 6.33. The van der Waals surface area contributed by atoms with E-state index in [1.165, 1.54) is 0 Å². The van der Waals surface area contributed by atoms with Crippen LogP contribution in [0, 0.1) is 6.92 Å². The summed E-state index contributed by atoms with van der Waals surface area (Å²) >= 11 is 0. The number of allylic oxidation sites excluding steroid dienone is 4. The smallest absolute Gasteiger partial charge is 0.0986 e. The molecule has 5 rings (SSSR count). The predicted octanol–water partition coefficient (Wildman–Crippen LogP) is 6.06. The van der Waals surface area contributed by atoms with E-state index < -0.39 is 0 Å². The minimum absolute atomic E-state index is 0.827. The summed E-state index contributed by atoms with van der Waals surface area (Å²) in [6.45, 7) is 2.09.